The van der Waals surface area contributed by atoms with Crippen molar-refractivity contribution in [2.24, 2.45) is 0 Å². The summed E-state index contributed by atoms with van der Waals surface area (Å²) in [6.07, 6.45) is 1.11. The number of para-hydroxylation sites is 1. The Morgan fingerprint density at radius 2 is 1.96 bits per heavy atom. The van der Waals surface area contributed by atoms with Gasteiger partial charge in [-0.15, -0.1) is 0 Å². The van der Waals surface area contributed by atoms with Crippen LogP contribution >= 0.6 is 27.3 Å². The third-order valence-electron chi connectivity index (χ3n) is 3.11. The van der Waals surface area contributed by atoms with Crippen LogP contribution in [0.4, 0.5) is 5.13 Å². The van der Waals surface area contributed by atoms with Gasteiger partial charge in [0.1, 0.15) is 0 Å². The predicted octanol–water partition coefficient (Wildman–Crippen LogP) is 3.71. The van der Waals surface area contributed by atoms with Crippen LogP contribution in [0.1, 0.15) is 10.4 Å². The molecule has 3 aromatic rings. The van der Waals surface area contributed by atoms with Gasteiger partial charge in [0.05, 0.1) is 15.1 Å². The summed E-state index contributed by atoms with van der Waals surface area (Å²) in [5.41, 5.74) is 1.05. The van der Waals surface area contributed by atoms with Gasteiger partial charge in [0.2, 0.25) is 0 Å². The number of carbonyl (C=O) groups excluding carboxylic acids is 1. The van der Waals surface area contributed by atoms with Crippen molar-refractivity contribution in [3.8, 4) is 0 Å². The van der Waals surface area contributed by atoms with E-state index in [-0.39, 0.29) is 10.5 Å². The maximum atomic E-state index is 12.3. The molecular formula is C15H11BrN2O3S2. The van der Waals surface area contributed by atoms with Crippen LogP contribution in [0.25, 0.3) is 10.2 Å². The van der Waals surface area contributed by atoms with Gasteiger partial charge < -0.3 is 0 Å². The third kappa shape index (κ3) is 3.44. The minimum Gasteiger partial charge on any atom is -0.298 e. The number of hydrogen-bond donors (Lipinski definition) is 1. The van der Waals surface area contributed by atoms with E-state index in [2.05, 4.69) is 26.2 Å². The molecular weight excluding hydrogens is 400 g/mol. The smallest absolute Gasteiger partial charge is 0.257 e. The van der Waals surface area contributed by atoms with Gasteiger partial charge in [0.15, 0.2) is 15.0 Å². The van der Waals surface area contributed by atoms with Crippen molar-refractivity contribution in [3.05, 3.63) is 52.5 Å². The number of anilines is 1. The van der Waals surface area contributed by atoms with Crippen molar-refractivity contribution in [3.63, 3.8) is 0 Å². The van der Waals surface area contributed by atoms with Gasteiger partial charge in [-0.3, -0.25) is 10.1 Å². The Morgan fingerprint density at radius 3 is 2.65 bits per heavy atom. The number of carbonyl (C=O) groups is 1. The summed E-state index contributed by atoms with van der Waals surface area (Å²) < 4.78 is 24.9. The highest BCUT2D eigenvalue weighted by Crippen LogP contribution is 2.31. The van der Waals surface area contributed by atoms with Gasteiger partial charge in [-0.05, 0) is 46.3 Å². The largest absolute Gasteiger partial charge is 0.298 e. The zero-order valence-electron chi connectivity index (χ0n) is 11.9. The normalized spacial score (nSPS) is 11.6. The van der Waals surface area contributed by atoms with Gasteiger partial charge in [0.25, 0.3) is 5.91 Å². The summed E-state index contributed by atoms with van der Waals surface area (Å²) in [6.45, 7) is 0. The fraction of sp³-hybridized carbons (Fsp3) is 0.0667. The van der Waals surface area contributed by atoms with Crippen LogP contribution in [0.2, 0.25) is 0 Å². The average Bonchev–Trinajstić information content (AvgIpc) is 2.90. The molecule has 8 heteroatoms. The lowest BCUT2D eigenvalue weighted by molar-refractivity contribution is 0.102. The van der Waals surface area contributed by atoms with E-state index in [9.17, 15) is 13.2 Å². The number of nitrogens with one attached hydrogen (secondary N) is 1. The molecule has 1 heterocycles. The van der Waals surface area contributed by atoms with Gasteiger partial charge in [-0.1, -0.05) is 23.5 Å². The first kappa shape index (κ1) is 16.1. The quantitative estimate of drug-likeness (QED) is 0.713. The van der Waals surface area contributed by atoms with Crippen LogP contribution in [-0.4, -0.2) is 25.6 Å². The number of fused-ring (bicyclic) bond motifs is 1. The highest BCUT2D eigenvalue weighted by Gasteiger charge is 2.14. The molecule has 5 nitrogen and oxygen atoms in total. The molecule has 0 saturated heterocycles. The molecule has 0 aliphatic rings. The average molecular weight is 411 g/mol. The monoisotopic (exact) mass is 410 g/mol. The molecule has 1 amide bonds. The summed E-state index contributed by atoms with van der Waals surface area (Å²) in [5.74, 6) is -0.398. The highest BCUT2D eigenvalue weighted by atomic mass is 79.9. The number of nitrogens with zero attached hydrogens (tertiary/aromatic N) is 1. The lowest BCUT2D eigenvalue weighted by Crippen LogP contribution is -2.12. The molecule has 0 unspecified atom stereocenters. The standard InChI is InChI=1S/C15H11BrN2O3S2/c1-23(20,21)10-5-2-4-9(8-10)14(19)18-15-17-13-11(16)6-3-7-12(13)22-15/h2-8H,1H3,(H,17,18,19). The van der Waals surface area contributed by atoms with E-state index in [0.29, 0.717) is 5.13 Å². The van der Waals surface area contributed by atoms with Crippen molar-refractivity contribution in [2.45, 2.75) is 4.90 Å². The molecule has 0 saturated carbocycles. The van der Waals surface area contributed by atoms with Gasteiger partial charge in [-0.25, -0.2) is 13.4 Å². The second-order valence-electron chi connectivity index (χ2n) is 4.86. The fourth-order valence-corrected chi connectivity index (χ4v) is 4.15. The molecule has 118 valence electrons. The van der Waals surface area contributed by atoms with Crippen molar-refractivity contribution >= 4 is 58.4 Å². The van der Waals surface area contributed by atoms with Crippen molar-refractivity contribution in [1.29, 1.82) is 0 Å². The van der Waals surface area contributed by atoms with Crippen LogP contribution in [0.15, 0.2) is 51.8 Å². The Balaban J connectivity index is 1.90. The van der Waals surface area contributed by atoms with Crippen LogP contribution in [0, 0.1) is 0 Å². The molecule has 0 radical (unpaired) electrons. The lowest BCUT2D eigenvalue weighted by Gasteiger charge is -2.03. The first-order valence-corrected chi connectivity index (χ1v) is 10.0. The van der Waals surface area contributed by atoms with Crippen LogP contribution in [0.5, 0.6) is 0 Å². The SMILES string of the molecule is CS(=O)(=O)c1cccc(C(=O)Nc2nc3c(Br)cccc3s2)c1. The zero-order chi connectivity index (χ0) is 16.6. The van der Waals surface area contributed by atoms with E-state index >= 15 is 0 Å². The van der Waals surface area contributed by atoms with E-state index in [1.54, 1.807) is 12.1 Å². The number of thiazole rings is 1. The molecule has 23 heavy (non-hydrogen) atoms. The molecule has 3 rings (SSSR count). The highest BCUT2D eigenvalue weighted by molar-refractivity contribution is 9.10. The molecule has 1 N–H and O–H groups in total. The molecule has 0 spiro atoms. The van der Waals surface area contributed by atoms with Gasteiger partial charge >= 0.3 is 0 Å². The maximum Gasteiger partial charge on any atom is 0.257 e. The van der Waals surface area contributed by atoms with Crippen LogP contribution in [0.3, 0.4) is 0 Å². The number of benzene rings is 2. The Hall–Kier alpha value is -1.77. The molecule has 0 atom stereocenters. The Labute approximate surface area is 145 Å². The molecule has 2 aromatic carbocycles. The second kappa shape index (κ2) is 6.03. The number of hydrogen-bond acceptors (Lipinski definition) is 5. The van der Waals surface area contributed by atoms with Crippen LogP contribution < -0.4 is 5.32 Å². The second-order valence-corrected chi connectivity index (χ2v) is 8.76. The number of sulfone groups is 1. The minimum absolute atomic E-state index is 0.109. The first-order chi connectivity index (χ1) is 10.8. The summed E-state index contributed by atoms with van der Waals surface area (Å²) >= 11 is 4.77. The predicted molar refractivity (Wildman–Crippen MR) is 94.8 cm³/mol. The van der Waals surface area contributed by atoms with E-state index in [4.69, 9.17) is 0 Å². The molecule has 0 fully saturated rings. The summed E-state index contributed by atoms with van der Waals surface area (Å²) in [6, 6.07) is 11.6. The van der Waals surface area contributed by atoms with Crippen molar-refractivity contribution < 1.29 is 13.2 Å². The number of rotatable bonds is 3. The maximum absolute atomic E-state index is 12.3. The first-order valence-electron chi connectivity index (χ1n) is 6.51. The van der Waals surface area contributed by atoms with E-state index in [1.165, 1.54) is 23.5 Å². The van der Waals surface area contributed by atoms with E-state index < -0.39 is 15.7 Å². The van der Waals surface area contributed by atoms with Crippen molar-refractivity contribution in [2.75, 3.05) is 11.6 Å². The molecule has 0 aliphatic heterocycles. The summed E-state index contributed by atoms with van der Waals surface area (Å²) in [5, 5.41) is 3.17. The molecule has 0 bridgehead atoms. The molecule has 1 aromatic heterocycles. The topological polar surface area (TPSA) is 76.1 Å². The Bertz CT molecular complexity index is 1010. The molecule has 0 aliphatic carbocycles. The summed E-state index contributed by atoms with van der Waals surface area (Å²) in [7, 11) is -3.36. The van der Waals surface area contributed by atoms with Gasteiger partial charge in [0, 0.05) is 16.3 Å². The number of amides is 1. The number of aromatic nitrogens is 1. The Morgan fingerprint density at radius 1 is 1.22 bits per heavy atom. The van der Waals surface area contributed by atoms with E-state index in [1.807, 2.05) is 18.2 Å². The minimum atomic E-state index is -3.36. The third-order valence-corrected chi connectivity index (χ3v) is 5.80. The zero-order valence-corrected chi connectivity index (χ0v) is 15.1. The lowest BCUT2D eigenvalue weighted by atomic mass is 10.2. The Kier molecular flexibility index (Phi) is 4.22. The van der Waals surface area contributed by atoms with E-state index in [0.717, 1.165) is 20.9 Å². The summed E-state index contributed by atoms with van der Waals surface area (Å²) in [4.78, 5) is 16.8. The van der Waals surface area contributed by atoms with Gasteiger partial charge in [-0.2, -0.15) is 0 Å². The fourth-order valence-electron chi connectivity index (χ4n) is 2.01. The van der Waals surface area contributed by atoms with Crippen molar-refractivity contribution in [1.82, 2.24) is 4.98 Å². The number of halogens is 1. The van der Waals surface area contributed by atoms with Crippen LogP contribution in [-0.2, 0) is 9.84 Å².